The maximum atomic E-state index is 9.12. The lowest BCUT2D eigenvalue weighted by Crippen LogP contribution is -2.11. The average Bonchev–Trinajstić information content (AvgIpc) is 3.41. The first-order chi connectivity index (χ1) is 13.2. The lowest BCUT2D eigenvalue weighted by molar-refractivity contribution is 0.747. The van der Waals surface area contributed by atoms with E-state index in [9.17, 15) is 0 Å². The van der Waals surface area contributed by atoms with Crippen LogP contribution in [0, 0.1) is 11.3 Å². The van der Waals surface area contributed by atoms with Gasteiger partial charge in [0.05, 0.1) is 22.7 Å². The molecular weight excluding hydrogens is 336 g/mol. The van der Waals surface area contributed by atoms with Crippen LogP contribution >= 0.6 is 0 Å². The van der Waals surface area contributed by atoms with Gasteiger partial charge in [0.25, 0.3) is 0 Å². The highest BCUT2D eigenvalue weighted by atomic mass is 15.4. The number of nitrogens with zero attached hydrogens (tertiary/aromatic N) is 5. The van der Waals surface area contributed by atoms with E-state index in [4.69, 9.17) is 16.0 Å². The first-order valence-electron chi connectivity index (χ1n) is 8.79. The van der Waals surface area contributed by atoms with Crippen molar-refractivity contribution < 1.29 is 0 Å². The zero-order chi connectivity index (χ0) is 18.4. The van der Waals surface area contributed by atoms with Crippen LogP contribution in [0.5, 0.6) is 0 Å². The van der Waals surface area contributed by atoms with Crippen molar-refractivity contribution in [1.82, 2.24) is 19.6 Å². The number of hydrogen-bond acceptors (Lipinski definition) is 5. The molecule has 0 aliphatic heterocycles. The zero-order valence-corrected chi connectivity index (χ0v) is 14.5. The normalized spacial score (nSPS) is 14.8. The Labute approximate surface area is 155 Å². The standard InChI is InChI=1S/C21H16N6/c22-13-14-5-4-6-15(11-14)17-12-18-25-19(26-27(18)20(23)24-17)21(9-10-21)16-7-2-1-3-8-16/h1-8,11-12H,9-10H2,(H2,23,24). The quantitative estimate of drug-likeness (QED) is 0.610. The van der Waals surface area contributed by atoms with Gasteiger partial charge in [-0.25, -0.2) is 9.97 Å². The Morgan fingerprint density at radius 2 is 1.81 bits per heavy atom. The minimum Gasteiger partial charge on any atom is -0.368 e. The molecule has 0 unspecified atom stereocenters. The minimum atomic E-state index is -0.124. The van der Waals surface area contributed by atoms with Crippen LogP contribution in [0.3, 0.4) is 0 Å². The van der Waals surface area contributed by atoms with E-state index in [-0.39, 0.29) is 11.4 Å². The molecule has 2 N–H and O–H groups in total. The molecule has 2 heterocycles. The van der Waals surface area contributed by atoms with Gasteiger partial charge in [0, 0.05) is 11.6 Å². The molecule has 2 aromatic heterocycles. The molecule has 6 nitrogen and oxygen atoms in total. The molecule has 6 heteroatoms. The fourth-order valence-corrected chi connectivity index (χ4v) is 3.53. The SMILES string of the molecule is N#Cc1cccc(-c2cc3nc(C4(c5ccccc5)CC4)nn3c(N)n2)c1. The number of hydrogen-bond donors (Lipinski definition) is 1. The monoisotopic (exact) mass is 352 g/mol. The molecular formula is C21H16N6. The number of nitrogens with two attached hydrogens (primary N) is 1. The van der Waals surface area contributed by atoms with E-state index >= 15 is 0 Å². The van der Waals surface area contributed by atoms with Gasteiger partial charge in [0.15, 0.2) is 11.5 Å². The number of anilines is 1. The van der Waals surface area contributed by atoms with E-state index in [0.717, 1.165) is 24.2 Å². The van der Waals surface area contributed by atoms with Crippen LogP contribution in [0.4, 0.5) is 5.95 Å². The third-order valence-electron chi connectivity index (χ3n) is 5.14. The molecule has 1 saturated carbocycles. The van der Waals surface area contributed by atoms with Gasteiger partial charge >= 0.3 is 0 Å². The Kier molecular flexibility index (Phi) is 3.25. The van der Waals surface area contributed by atoms with Crippen molar-refractivity contribution in [3.8, 4) is 17.3 Å². The van der Waals surface area contributed by atoms with E-state index in [2.05, 4.69) is 28.3 Å². The van der Waals surface area contributed by atoms with E-state index in [0.29, 0.717) is 16.9 Å². The van der Waals surface area contributed by atoms with Crippen molar-refractivity contribution >= 4 is 11.6 Å². The molecule has 1 aliphatic carbocycles. The number of benzene rings is 2. The molecule has 0 spiro atoms. The third kappa shape index (κ3) is 2.44. The van der Waals surface area contributed by atoms with Crippen LogP contribution in [0.15, 0.2) is 60.7 Å². The smallest absolute Gasteiger partial charge is 0.223 e. The predicted octanol–water partition coefficient (Wildman–Crippen LogP) is 3.33. The molecule has 2 aromatic carbocycles. The maximum absolute atomic E-state index is 9.12. The molecule has 0 saturated heterocycles. The van der Waals surface area contributed by atoms with Crippen LogP contribution < -0.4 is 5.73 Å². The van der Waals surface area contributed by atoms with Crippen LogP contribution in [0.1, 0.15) is 29.8 Å². The molecule has 130 valence electrons. The summed E-state index contributed by atoms with van der Waals surface area (Å²) in [5.74, 6) is 1.07. The van der Waals surface area contributed by atoms with Gasteiger partial charge in [-0.3, -0.25) is 0 Å². The Hall–Kier alpha value is -3.72. The maximum Gasteiger partial charge on any atom is 0.223 e. The summed E-state index contributed by atoms with van der Waals surface area (Å²) < 4.78 is 1.59. The highest BCUT2D eigenvalue weighted by Crippen LogP contribution is 2.52. The Morgan fingerprint density at radius 3 is 2.56 bits per heavy atom. The van der Waals surface area contributed by atoms with Gasteiger partial charge in [-0.05, 0) is 30.5 Å². The average molecular weight is 352 g/mol. The fourth-order valence-electron chi connectivity index (χ4n) is 3.53. The number of nitriles is 1. The summed E-state index contributed by atoms with van der Waals surface area (Å²) in [6.07, 6.45) is 2.05. The van der Waals surface area contributed by atoms with Crippen molar-refractivity contribution in [3.05, 3.63) is 77.6 Å². The van der Waals surface area contributed by atoms with Crippen molar-refractivity contribution in [2.24, 2.45) is 0 Å². The fraction of sp³-hybridized carbons (Fsp3) is 0.143. The highest BCUT2D eigenvalue weighted by molar-refractivity contribution is 5.67. The Balaban J connectivity index is 1.63. The van der Waals surface area contributed by atoms with Crippen LogP contribution in [0.2, 0.25) is 0 Å². The van der Waals surface area contributed by atoms with Crippen molar-refractivity contribution in [2.75, 3.05) is 5.73 Å². The van der Waals surface area contributed by atoms with E-state index in [1.807, 2.05) is 36.4 Å². The molecule has 0 amide bonds. The predicted molar refractivity (Wildman–Crippen MR) is 102 cm³/mol. The number of aromatic nitrogens is 4. The number of nitrogen functional groups attached to an aromatic ring is 1. The highest BCUT2D eigenvalue weighted by Gasteiger charge is 2.49. The second-order valence-corrected chi connectivity index (χ2v) is 6.85. The Bertz CT molecular complexity index is 1200. The van der Waals surface area contributed by atoms with Gasteiger partial charge in [-0.1, -0.05) is 42.5 Å². The van der Waals surface area contributed by atoms with Gasteiger partial charge in [-0.2, -0.15) is 9.78 Å². The summed E-state index contributed by atoms with van der Waals surface area (Å²) in [6, 6.07) is 21.7. The lowest BCUT2D eigenvalue weighted by Gasteiger charge is -2.10. The van der Waals surface area contributed by atoms with Crippen LogP contribution in [-0.4, -0.2) is 19.6 Å². The minimum absolute atomic E-state index is 0.124. The summed E-state index contributed by atoms with van der Waals surface area (Å²) in [7, 11) is 0. The molecule has 1 fully saturated rings. The molecule has 1 aliphatic rings. The van der Waals surface area contributed by atoms with E-state index in [1.165, 1.54) is 5.56 Å². The van der Waals surface area contributed by atoms with E-state index in [1.54, 1.807) is 16.6 Å². The molecule has 27 heavy (non-hydrogen) atoms. The summed E-state index contributed by atoms with van der Waals surface area (Å²) in [5.41, 5.74) is 10.0. The van der Waals surface area contributed by atoms with Gasteiger partial charge in [0.2, 0.25) is 5.95 Å². The first-order valence-corrected chi connectivity index (χ1v) is 8.79. The van der Waals surface area contributed by atoms with E-state index < -0.39 is 0 Å². The summed E-state index contributed by atoms with van der Waals surface area (Å²) >= 11 is 0. The molecule has 5 rings (SSSR count). The lowest BCUT2D eigenvalue weighted by atomic mass is 9.95. The summed E-state index contributed by atoms with van der Waals surface area (Å²) in [6.45, 7) is 0. The second-order valence-electron chi connectivity index (χ2n) is 6.85. The first kappa shape index (κ1) is 15.5. The Morgan fingerprint density at radius 1 is 1.00 bits per heavy atom. The van der Waals surface area contributed by atoms with Crippen LogP contribution in [-0.2, 0) is 5.41 Å². The van der Waals surface area contributed by atoms with Crippen molar-refractivity contribution in [2.45, 2.75) is 18.3 Å². The molecule has 4 aromatic rings. The molecule has 0 radical (unpaired) electrons. The largest absolute Gasteiger partial charge is 0.368 e. The van der Waals surface area contributed by atoms with Gasteiger partial charge in [-0.15, -0.1) is 5.10 Å². The van der Waals surface area contributed by atoms with Crippen molar-refractivity contribution in [1.29, 1.82) is 5.26 Å². The van der Waals surface area contributed by atoms with Crippen molar-refractivity contribution in [3.63, 3.8) is 0 Å². The molecule has 0 atom stereocenters. The third-order valence-corrected chi connectivity index (χ3v) is 5.14. The topological polar surface area (TPSA) is 92.9 Å². The van der Waals surface area contributed by atoms with Crippen LogP contribution in [0.25, 0.3) is 16.9 Å². The second kappa shape index (κ2) is 5.64. The summed E-state index contributed by atoms with van der Waals surface area (Å²) in [4.78, 5) is 9.24. The number of fused-ring (bicyclic) bond motifs is 1. The van der Waals surface area contributed by atoms with Gasteiger partial charge < -0.3 is 5.73 Å². The molecule has 0 bridgehead atoms. The summed E-state index contributed by atoms with van der Waals surface area (Å²) in [5, 5.41) is 13.8. The number of rotatable bonds is 3. The van der Waals surface area contributed by atoms with Gasteiger partial charge in [0.1, 0.15) is 0 Å². The zero-order valence-electron chi connectivity index (χ0n) is 14.5.